The highest BCUT2D eigenvalue weighted by molar-refractivity contribution is 5.97. The maximum atomic E-state index is 13.2. The molecule has 2 atom stereocenters. The third kappa shape index (κ3) is 6.76. The van der Waals surface area contributed by atoms with Gasteiger partial charge in [0.1, 0.15) is 17.6 Å². The van der Waals surface area contributed by atoms with E-state index in [0.717, 1.165) is 12.1 Å². The molecule has 3 rings (SSSR count). The Bertz CT molecular complexity index is 1150. The third-order valence-corrected chi connectivity index (χ3v) is 4.92. The number of hydrogen-bond acceptors (Lipinski definition) is 7. The van der Waals surface area contributed by atoms with Crippen LogP contribution >= 0.6 is 0 Å². The lowest BCUT2D eigenvalue weighted by Crippen LogP contribution is -2.34. The van der Waals surface area contributed by atoms with Crippen molar-refractivity contribution in [2.75, 3.05) is 19.8 Å². The minimum atomic E-state index is -4.69. The van der Waals surface area contributed by atoms with Crippen LogP contribution in [-0.4, -0.2) is 57.2 Å². The van der Waals surface area contributed by atoms with Crippen molar-refractivity contribution in [2.24, 2.45) is 0 Å². The van der Waals surface area contributed by atoms with Gasteiger partial charge in [0.25, 0.3) is 5.91 Å². The van der Waals surface area contributed by atoms with E-state index < -0.39 is 48.6 Å². The van der Waals surface area contributed by atoms with Crippen LogP contribution in [0, 0.1) is 0 Å². The molecule has 0 fully saturated rings. The van der Waals surface area contributed by atoms with Gasteiger partial charge in [-0.05, 0) is 54.6 Å². The van der Waals surface area contributed by atoms with Crippen LogP contribution in [0.1, 0.15) is 27.7 Å². The third-order valence-electron chi connectivity index (χ3n) is 4.92. The molecule has 0 saturated carbocycles. The van der Waals surface area contributed by atoms with Crippen molar-refractivity contribution < 1.29 is 43.1 Å². The average molecular weight is 492 g/mol. The highest BCUT2D eigenvalue weighted by atomic mass is 19.4. The molecule has 0 radical (unpaired) electrons. The molecule has 0 aliphatic rings. The summed E-state index contributed by atoms with van der Waals surface area (Å²) in [6.45, 7) is -1.47. The van der Waals surface area contributed by atoms with Crippen LogP contribution in [0.25, 0.3) is 11.3 Å². The number of alkyl halides is 3. The van der Waals surface area contributed by atoms with Crippen molar-refractivity contribution in [3.05, 3.63) is 77.5 Å². The number of carbonyl (C=O) groups excluding carboxylic acids is 1. The van der Waals surface area contributed by atoms with Gasteiger partial charge in [0.2, 0.25) is 0 Å². The second-order valence-corrected chi connectivity index (χ2v) is 7.53. The Morgan fingerprint density at radius 1 is 1.00 bits per heavy atom. The molecule has 1 amide bonds. The highest BCUT2D eigenvalue weighted by Gasteiger charge is 2.32. The van der Waals surface area contributed by atoms with Gasteiger partial charge in [0.15, 0.2) is 0 Å². The van der Waals surface area contributed by atoms with Gasteiger partial charge in [-0.1, -0.05) is 6.07 Å². The Labute approximate surface area is 198 Å². The minimum Gasteiger partial charge on any atom is -0.457 e. The zero-order valence-corrected chi connectivity index (χ0v) is 18.2. The largest absolute Gasteiger partial charge is 0.457 e. The fraction of sp³-hybridized carbons (Fsp3) is 0.250. The Morgan fingerprint density at radius 2 is 1.71 bits per heavy atom. The monoisotopic (exact) mass is 492 g/mol. The number of pyridine rings is 1. The Balaban J connectivity index is 1.85. The maximum Gasteiger partial charge on any atom is 0.416 e. The molecule has 186 valence electrons. The van der Waals surface area contributed by atoms with Crippen molar-refractivity contribution in [3.8, 4) is 22.8 Å². The minimum absolute atomic E-state index is 0.145. The van der Waals surface area contributed by atoms with E-state index in [1.54, 1.807) is 30.3 Å². The van der Waals surface area contributed by atoms with E-state index in [1.165, 1.54) is 12.1 Å². The number of aromatic nitrogens is 1. The van der Waals surface area contributed by atoms with Crippen molar-refractivity contribution >= 4 is 5.91 Å². The van der Waals surface area contributed by atoms with E-state index in [9.17, 15) is 28.2 Å². The lowest BCUT2D eigenvalue weighted by Gasteiger charge is -2.15. The number of aliphatic hydroxyl groups excluding tert-OH is 4. The van der Waals surface area contributed by atoms with E-state index in [1.807, 2.05) is 0 Å². The number of ether oxygens (including phenoxy) is 1. The van der Waals surface area contributed by atoms with Crippen LogP contribution in [0.15, 0.2) is 60.7 Å². The highest BCUT2D eigenvalue weighted by Crippen LogP contribution is 2.34. The van der Waals surface area contributed by atoms with Crippen molar-refractivity contribution in [1.29, 1.82) is 0 Å². The first-order chi connectivity index (χ1) is 16.6. The van der Waals surface area contributed by atoms with Gasteiger partial charge in [-0.3, -0.25) is 4.79 Å². The summed E-state index contributed by atoms with van der Waals surface area (Å²) in [4.78, 5) is 16.8. The van der Waals surface area contributed by atoms with Crippen molar-refractivity contribution in [1.82, 2.24) is 10.3 Å². The molecular weight excluding hydrogens is 469 g/mol. The topological polar surface area (TPSA) is 132 Å². The molecule has 0 aliphatic carbocycles. The first-order valence-electron chi connectivity index (χ1n) is 10.4. The maximum absolute atomic E-state index is 13.2. The fourth-order valence-electron chi connectivity index (χ4n) is 3.06. The molecule has 1 heterocycles. The second kappa shape index (κ2) is 11.3. The zero-order valence-electron chi connectivity index (χ0n) is 18.2. The first-order valence-corrected chi connectivity index (χ1v) is 10.4. The molecule has 3 aromatic rings. The van der Waals surface area contributed by atoms with Gasteiger partial charge in [-0.2, -0.15) is 13.2 Å². The van der Waals surface area contributed by atoms with Gasteiger partial charge >= 0.3 is 6.18 Å². The molecule has 2 unspecified atom stereocenters. The summed E-state index contributed by atoms with van der Waals surface area (Å²) in [5.74, 6) is -0.837. The number of carbonyl (C=O) groups is 1. The second-order valence-electron chi connectivity index (χ2n) is 7.53. The predicted molar refractivity (Wildman–Crippen MR) is 119 cm³/mol. The van der Waals surface area contributed by atoms with E-state index in [0.29, 0.717) is 17.3 Å². The molecule has 35 heavy (non-hydrogen) atoms. The first kappa shape index (κ1) is 26.1. The SMILES string of the molecule is O=C(NCC(O)CO)c1cc(C(F)(F)F)ccc1Oc1ccc(-c2cccc(C(O)CO)n2)cc1. The quantitative estimate of drug-likeness (QED) is 0.310. The van der Waals surface area contributed by atoms with Crippen LogP contribution in [0.2, 0.25) is 0 Å². The number of rotatable bonds is 9. The molecular formula is C24H23F3N2O6. The summed E-state index contributed by atoms with van der Waals surface area (Å²) < 4.78 is 45.2. The smallest absolute Gasteiger partial charge is 0.416 e. The van der Waals surface area contributed by atoms with E-state index in [2.05, 4.69) is 10.3 Å². The van der Waals surface area contributed by atoms with Crippen LogP contribution < -0.4 is 10.1 Å². The standard InChI is InChI=1S/C24H23F3N2O6/c25-24(26,27)15-6-9-22(18(10-15)23(34)28-11-16(32)12-30)35-17-7-4-14(5-8-17)19-2-1-3-20(29-19)21(33)13-31/h1-10,16,21,30-33H,11-13H2,(H,28,34). The van der Waals surface area contributed by atoms with Crippen molar-refractivity contribution in [2.45, 2.75) is 18.4 Å². The van der Waals surface area contributed by atoms with Gasteiger partial charge in [0.05, 0.1) is 41.8 Å². The summed E-state index contributed by atoms with van der Waals surface area (Å²) >= 11 is 0. The fourth-order valence-corrected chi connectivity index (χ4v) is 3.06. The van der Waals surface area contributed by atoms with Crippen molar-refractivity contribution in [3.63, 3.8) is 0 Å². The number of benzene rings is 2. The molecule has 0 spiro atoms. The van der Waals surface area contributed by atoms with E-state index in [-0.39, 0.29) is 23.7 Å². The molecule has 0 aliphatic heterocycles. The predicted octanol–water partition coefficient (Wildman–Crippen LogP) is 2.67. The molecule has 5 N–H and O–H groups in total. The van der Waals surface area contributed by atoms with Gasteiger partial charge < -0.3 is 30.5 Å². The Hall–Kier alpha value is -3.51. The number of amides is 1. The lowest BCUT2D eigenvalue weighted by atomic mass is 10.1. The number of halogens is 3. The molecule has 2 aromatic carbocycles. The molecule has 0 saturated heterocycles. The van der Waals surface area contributed by atoms with E-state index in [4.69, 9.17) is 14.9 Å². The van der Waals surface area contributed by atoms with Crippen LogP contribution in [0.3, 0.4) is 0 Å². The summed E-state index contributed by atoms with van der Waals surface area (Å²) in [6, 6.07) is 13.7. The normalized spacial score (nSPS) is 13.2. The summed E-state index contributed by atoms with van der Waals surface area (Å²) in [5, 5.41) is 39.4. The Morgan fingerprint density at radius 3 is 2.34 bits per heavy atom. The van der Waals surface area contributed by atoms with Crippen LogP contribution in [-0.2, 0) is 6.18 Å². The van der Waals surface area contributed by atoms with Crippen LogP contribution in [0.4, 0.5) is 13.2 Å². The van der Waals surface area contributed by atoms with Gasteiger partial charge in [0, 0.05) is 12.1 Å². The molecule has 11 heteroatoms. The lowest BCUT2D eigenvalue weighted by molar-refractivity contribution is -0.137. The summed E-state index contributed by atoms with van der Waals surface area (Å²) in [7, 11) is 0. The number of nitrogens with one attached hydrogen (secondary N) is 1. The summed E-state index contributed by atoms with van der Waals surface area (Å²) in [6.07, 6.45) is -7.09. The van der Waals surface area contributed by atoms with Gasteiger partial charge in [-0.15, -0.1) is 0 Å². The number of hydrogen-bond donors (Lipinski definition) is 5. The summed E-state index contributed by atoms with van der Waals surface area (Å²) in [5.41, 5.74) is -0.00571. The molecule has 0 bridgehead atoms. The molecule has 1 aromatic heterocycles. The molecule has 8 nitrogen and oxygen atoms in total. The van der Waals surface area contributed by atoms with E-state index >= 15 is 0 Å². The average Bonchev–Trinajstić information content (AvgIpc) is 2.86. The van der Waals surface area contributed by atoms with Crippen LogP contribution in [0.5, 0.6) is 11.5 Å². The Kier molecular flexibility index (Phi) is 8.41. The number of aliphatic hydroxyl groups is 4. The van der Waals surface area contributed by atoms with Gasteiger partial charge in [-0.25, -0.2) is 4.98 Å². The zero-order chi connectivity index (χ0) is 25.6. The number of nitrogens with zero attached hydrogens (tertiary/aromatic N) is 1.